The molecule has 1 saturated carbocycles. The summed E-state index contributed by atoms with van der Waals surface area (Å²) in [5.74, 6) is 3.08. The molecule has 10 rings (SSSR count). The number of rotatable bonds is 21. The Morgan fingerprint density at radius 2 is 1.50 bits per heavy atom. The summed E-state index contributed by atoms with van der Waals surface area (Å²) in [5, 5.41) is 1.49. The van der Waals surface area contributed by atoms with Crippen molar-refractivity contribution in [2.24, 2.45) is 5.92 Å². The summed E-state index contributed by atoms with van der Waals surface area (Å²) >= 11 is 16.2. The van der Waals surface area contributed by atoms with E-state index in [2.05, 4.69) is 16.8 Å². The van der Waals surface area contributed by atoms with Crippen molar-refractivity contribution in [1.82, 2.24) is 29.7 Å². The standard InChI is InChI=1S/C57H69Cl2FN6O9S/c1-37-48-38(2)52(59)53(51(37)58)75-45(32-66-20-18-65(3)19-21-66)35-73-44-13-14-47(40(31-44)16-22-72-56-50-49(48)54(76-57(50)63-36-62-56)39-9-11-42(60)12-10-39)74-34-43-15-17-61-55(64-43)46-8-6-5-7-41(46)33-71-30-29-70-28-27-69-26-25-68-24-23-67-4/h9-15,17,31,36,41,45-46H,5-8,16,18-30,32-35H2,1-4H3/t41-,45+,46+/m0/s1. The molecule has 6 aromatic rings. The maximum absolute atomic E-state index is 14.4. The molecule has 0 spiro atoms. The lowest BCUT2D eigenvalue weighted by Gasteiger charge is -2.35. The van der Waals surface area contributed by atoms with Crippen LogP contribution >= 0.6 is 34.5 Å². The maximum Gasteiger partial charge on any atom is 0.226 e. The lowest BCUT2D eigenvalue weighted by Crippen LogP contribution is -2.49. The van der Waals surface area contributed by atoms with E-state index in [9.17, 15) is 4.39 Å². The van der Waals surface area contributed by atoms with Crippen LogP contribution in [0.5, 0.6) is 23.1 Å². The summed E-state index contributed by atoms with van der Waals surface area (Å²) in [7, 11) is 3.79. The van der Waals surface area contributed by atoms with Crippen LogP contribution in [0.25, 0.3) is 31.8 Å². The molecule has 19 heteroatoms. The lowest BCUT2D eigenvalue weighted by atomic mass is 9.79. The van der Waals surface area contributed by atoms with E-state index in [1.807, 2.05) is 44.3 Å². The van der Waals surface area contributed by atoms with Gasteiger partial charge in [-0.1, -0.05) is 48.2 Å². The highest BCUT2D eigenvalue weighted by Gasteiger charge is 2.32. The van der Waals surface area contributed by atoms with Crippen molar-refractivity contribution in [3.63, 3.8) is 0 Å². The Hall–Kier alpha value is -4.79. The number of ether oxygens (including phenoxy) is 9. The van der Waals surface area contributed by atoms with Gasteiger partial charge in [0.1, 0.15) is 53.6 Å². The zero-order valence-electron chi connectivity index (χ0n) is 44.0. The molecule has 3 aromatic heterocycles. The highest BCUT2D eigenvalue weighted by molar-refractivity contribution is 7.22. The number of likely N-dealkylation sites (N-methyl/N-ethyl adjacent to an activating group) is 1. The van der Waals surface area contributed by atoms with Gasteiger partial charge in [-0.15, -0.1) is 11.3 Å². The second-order valence-corrected chi connectivity index (χ2v) is 21.3. The van der Waals surface area contributed by atoms with Crippen LogP contribution < -0.4 is 18.9 Å². The van der Waals surface area contributed by atoms with E-state index in [4.69, 9.17) is 85.8 Å². The Balaban J connectivity index is 0.936. The van der Waals surface area contributed by atoms with Gasteiger partial charge in [0.2, 0.25) is 5.88 Å². The van der Waals surface area contributed by atoms with Gasteiger partial charge in [0.15, 0.2) is 5.75 Å². The maximum atomic E-state index is 14.4. The number of aromatic nitrogens is 4. The zero-order chi connectivity index (χ0) is 52.8. The van der Waals surface area contributed by atoms with Gasteiger partial charge >= 0.3 is 0 Å². The van der Waals surface area contributed by atoms with Crippen LogP contribution in [0.1, 0.15) is 59.8 Å². The average molecular weight is 1100 g/mol. The molecule has 408 valence electrons. The predicted molar refractivity (Wildman–Crippen MR) is 293 cm³/mol. The second-order valence-electron chi connectivity index (χ2n) is 19.5. The molecule has 1 aliphatic carbocycles. The van der Waals surface area contributed by atoms with E-state index in [0.29, 0.717) is 122 Å². The third kappa shape index (κ3) is 14.3. The smallest absolute Gasteiger partial charge is 0.226 e. The highest BCUT2D eigenvalue weighted by atomic mass is 35.5. The predicted octanol–water partition coefficient (Wildman–Crippen LogP) is 10.5. The molecule has 0 N–H and O–H groups in total. The van der Waals surface area contributed by atoms with Gasteiger partial charge in [-0.3, -0.25) is 4.90 Å². The normalized spacial score (nSPS) is 18.5. The minimum atomic E-state index is -0.437. The van der Waals surface area contributed by atoms with Crippen molar-refractivity contribution in [2.45, 2.75) is 64.6 Å². The third-order valence-electron chi connectivity index (χ3n) is 14.3. The van der Waals surface area contributed by atoms with Crippen LogP contribution in [0.2, 0.25) is 10.0 Å². The van der Waals surface area contributed by atoms with Crippen LogP contribution in [0.4, 0.5) is 4.39 Å². The molecule has 3 atom stereocenters. The number of hydrogen-bond acceptors (Lipinski definition) is 16. The summed E-state index contributed by atoms with van der Waals surface area (Å²) in [6.07, 6.45) is 7.67. The molecule has 0 radical (unpaired) electrons. The minimum Gasteiger partial charge on any atom is -0.490 e. The Morgan fingerprint density at radius 1 is 0.789 bits per heavy atom. The Morgan fingerprint density at radius 3 is 2.24 bits per heavy atom. The molecule has 6 heterocycles. The fourth-order valence-corrected chi connectivity index (χ4v) is 11.8. The first kappa shape index (κ1) is 55.9. The van der Waals surface area contributed by atoms with Gasteiger partial charge in [0.05, 0.1) is 87.2 Å². The molecule has 0 unspecified atom stereocenters. The summed E-state index contributed by atoms with van der Waals surface area (Å²) in [6.45, 7) is 13.7. The van der Waals surface area contributed by atoms with Gasteiger partial charge < -0.3 is 47.5 Å². The number of piperazine rings is 1. The van der Waals surface area contributed by atoms with Crippen LogP contribution in [0.3, 0.4) is 0 Å². The van der Waals surface area contributed by atoms with E-state index < -0.39 is 6.10 Å². The summed E-state index contributed by atoms with van der Waals surface area (Å²) in [4.78, 5) is 25.6. The van der Waals surface area contributed by atoms with Crippen molar-refractivity contribution in [3.8, 4) is 44.7 Å². The van der Waals surface area contributed by atoms with Crippen LogP contribution in [0.15, 0.2) is 61.1 Å². The van der Waals surface area contributed by atoms with Gasteiger partial charge in [-0.05, 0) is 98.3 Å². The fraction of sp³-hybridized carbons (Fsp3) is 0.509. The molecular formula is C57H69Cl2FN6O9S. The van der Waals surface area contributed by atoms with Crippen molar-refractivity contribution in [2.75, 3.05) is 120 Å². The number of hydrogen-bond donors (Lipinski definition) is 0. The van der Waals surface area contributed by atoms with E-state index in [1.165, 1.54) is 29.8 Å². The summed E-state index contributed by atoms with van der Waals surface area (Å²) in [6, 6.07) is 14.2. The average Bonchev–Trinajstić information content (AvgIpc) is 3.88. The topological polar surface area (TPSA) is 141 Å². The first-order chi connectivity index (χ1) is 37.1. The van der Waals surface area contributed by atoms with Gasteiger partial charge in [0.25, 0.3) is 0 Å². The molecule has 3 aliphatic heterocycles. The number of nitrogens with zero attached hydrogens (tertiary/aromatic N) is 6. The van der Waals surface area contributed by atoms with Crippen molar-refractivity contribution >= 4 is 44.8 Å². The molecule has 15 nitrogen and oxygen atoms in total. The fourth-order valence-electron chi connectivity index (χ4n) is 10.1. The Labute approximate surface area is 459 Å². The molecule has 1 saturated heterocycles. The van der Waals surface area contributed by atoms with Crippen molar-refractivity contribution in [3.05, 3.63) is 105 Å². The van der Waals surface area contributed by atoms with Gasteiger partial charge in [0, 0.05) is 74.4 Å². The second kappa shape index (κ2) is 27.7. The first-order valence-corrected chi connectivity index (χ1v) is 27.9. The molecular weight excluding hydrogens is 1030 g/mol. The van der Waals surface area contributed by atoms with Crippen LogP contribution in [-0.4, -0.2) is 155 Å². The number of fused-ring (bicyclic) bond motifs is 7. The van der Waals surface area contributed by atoms with Gasteiger partial charge in [-0.2, -0.15) is 0 Å². The van der Waals surface area contributed by atoms with Crippen molar-refractivity contribution < 1.29 is 47.0 Å². The molecule has 2 fully saturated rings. The molecule has 3 aromatic carbocycles. The van der Waals surface area contributed by atoms with Crippen molar-refractivity contribution in [1.29, 1.82) is 0 Å². The Bertz CT molecular complexity index is 2810. The summed E-state index contributed by atoms with van der Waals surface area (Å²) < 4.78 is 69.1. The van der Waals surface area contributed by atoms with E-state index >= 15 is 0 Å². The van der Waals surface area contributed by atoms with Crippen LogP contribution in [-0.2, 0) is 36.7 Å². The monoisotopic (exact) mass is 1100 g/mol. The summed E-state index contributed by atoms with van der Waals surface area (Å²) in [5.41, 5.74) is 5.61. The number of halogens is 3. The van der Waals surface area contributed by atoms with Gasteiger partial charge in [-0.25, -0.2) is 24.3 Å². The van der Waals surface area contributed by atoms with E-state index in [1.54, 1.807) is 19.2 Å². The van der Waals surface area contributed by atoms with E-state index in [0.717, 1.165) is 102 Å². The highest BCUT2D eigenvalue weighted by Crippen LogP contribution is 2.53. The largest absolute Gasteiger partial charge is 0.490 e. The molecule has 76 heavy (non-hydrogen) atoms. The number of benzene rings is 3. The number of methoxy groups -OCH3 is 1. The SMILES string of the molecule is COCCOCCOCCOCCOC[C@@H]1CCCC[C@H]1c1nccc(COc2ccc3cc2CCOc2ncnc4sc(-c5ccc(F)cc5)c(c24)-c2c(C)c(Cl)c(c(Cl)c2C)O[C@H](CN2CCN(C)CC2)CO3)n1. The zero-order valence-corrected chi connectivity index (χ0v) is 46.3. The molecule has 4 aliphatic rings. The Kier molecular flexibility index (Phi) is 20.4. The molecule has 4 bridgehead atoms. The number of thiophene rings is 1. The van der Waals surface area contributed by atoms with Crippen LogP contribution in [0, 0.1) is 25.6 Å². The van der Waals surface area contributed by atoms with E-state index in [-0.39, 0.29) is 31.6 Å². The third-order valence-corrected chi connectivity index (χ3v) is 16.3. The quantitative estimate of drug-likeness (QED) is 0.0631. The molecule has 0 amide bonds. The first-order valence-electron chi connectivity index (χ1n) is 26.4. The lowest BCUT2D eigenvalue weighted by molar-refractivity contribution is -0.0133. The minimum absolute atomic E-state index is 0.175.